The van der Waals surface area contributed by atoms with Gasteiger partial charge in [0, 0.05) is 25.5 Å². The van der Waals surface area contributed by atoms with Gasteiger partial charge in [0.25, 0.3) is 0 Å². The Morgan fingerprint density at radius 2 is 0.768 bits per heavy atom. The first-order valence-corrected chi connectivity index (χ1v) is 38.1. The lowest BCUT2D eigenvalue weighted by atomic mass is 10.1. The van der Waals surface area contributed by atoms with Crippen molar-refractivity contribution < 1.29 is 37.4 Å². The molecule has 0 amide bonds. The summed E-state index contributed by atoms with van der Waals surface area (Å²) in [5, 5.41) is 18.4. The zero-order chi connectivity index (χ0) is 53.5. The molecule has 0 aromatic heterocycles. The Morgan fingerprint density at radius 1 is 0.493 bits per heavy atom. The number of carbonyl (C=O) groups excluding carboxylic acids is 1. The van der Waals surface area contributed by atoms with Gasteiger partial charge in [0.1, 0.15) is 0 Å². The van der Waals surface area contributed by atoms with Gasteiger partial charge in [-0.25, -0.2) is 0 Å². The minimum Gasteiger partial charge on any atom is -0.469 e. The summed E-state index contributed by atoms with van der Waals surface area (Å²) in [6.45, 7) is 48.2. The topological polar surface area (TPSA) is 104 Å². The SMILES string of the molecule is CC(C)(C)[Si](C)(C)OCc1cc(I)cc(CO[Si](C)(C)C(C)(C)C)c1.COC(=O)CCCC#Cc1cc(CO[Si](C)(C)C(C)(C)C)cc(CO[Si](C)(C)C(C)(C)C)c1.OCc1cc(I)cc(CO)c1. The first-order valence-electron chi connectivity index (χ1n) is 24.3. The van der Waals surface area contributed by atoms with E-state index in [1.165, 1.54) is 21.8 Å². The minimum absolute atomic E-state index is 0.0316. The molecule has 0 aliphatic rings. The number of benzene rings is 3. The molecule has 3 rings (SSSR count). The van der Waals surface area contributed by atoms with Crippen LogP contribution in [0.5, 0.6) is 0 Å². The number of methoxy groups -OCH3 is 1. The summed E-state index contributed by atoms with van der Waals surface area (Å²) in [7, 11) is -5.73. The van der Waals surface area contributed by atoms with Crippen LogP contribution >= 0.6 is 45.2 Å². The molecule has 3 aromatic carbocycles. The maximum Gasteiger partial charge on any atom is 0.305 e. The number of aliphatic hydroxyl groups is 2. The largest absolute Gasteiger partial charge is 0.469 e. The van der Waals surface area contributed by atoms with E-state index in [2.05, 4.69) is 229 Å². The third-order valence-corrected chi connectivity index (χ3v) is 33.4. The lowest BCUT2D eigenvalue weighted by Crippen LogP contribution is -2.40. The van der Waals surface area contributed by atoms with Gasteiger partial charge in [-0.05, 0) is 194 Å². The van der Waals surface area contributed by atoms with Crippen LogP contribution in [0.15, 0.2) is 54.6 Å². The van der Waals surface area contributed by atoms with E-state index < -0.39 is 33.3 Å². The van der Waals surface area contributed by atoms with E-state index in [-0.39, 0.29) is 39.3 Å². The molecule has 0 heterocycles. The van der Waals surface area contributed by atoms with Crippen molar-refractivity contribution in [2.24, 2.45) is 0 Å². The van der Waals surface area contributed by atoms with Crippen molar-refractivity contribution in [3.63, 3.8) is 0 Å². The first kappa shape index (κ1) is 65.8. The van der Waals surface area contributed by atoms with E-state index in [1.54, 1.807) is 6.07 Å². The number of hydrogen-bond donors (Lipinski definition) is 2. The average molecular weight is 1250 g/mol. The second kappa shape index (κ2) is 27.9. The molecule has 14 heteroatoms. The highest BCUT2D eigenvalue weighted by Gasteiger charge is 2.40. The highest BCUT2D eigenvalue weighted by atomic mass is 127. The number of aliphatic hydroxyl groups excluding tert-OH is 2. The van der Waals surface area contributed by atoms with Gasteiger partial charge in [-0.2, -0.15) is 0 Å². The summed E-state index contributed by atoms with van der Waals surface area (Å²) in [4.78, 5) is 11.3. The van der Waals surface area contributed by atoms with Gasteiger partial charge >= 0.3 is 5.97 Å². The molecular weight excluding hydrogens is 1150 g/mol. The van der Waals surface area contributed by atoms with Crippen molar-refractivity contribution in [2.45, 2.75) is 215 Å². The lowest BCUT2D eigenvalue weighted by Gasteiger charge is -2.36. The molecule has 0 bridgehead atoms. The van der Waals surface area contributed by atoms with Gasteiger partial charge in [-0.15, -0.1) is 0 Å². The maximum atomic E-state index is 11.3. The van der Waals surface area contributed by atoms with E-state index in [0.29, 0.717) is 45.7 Å². The van der Waals surface area contributed by atoms with Gasteiger partial charge in [0.15, 0.2) is 33.3 Å². The highest BCUT2D eigenvalue weighted by Crippen LogP contribution is 2.40. The molecule has 2 N–H and O–H groups in total. The first-order chi connectivity index (χ1) is 31.3. The van der Waals surface area contributed by atoms with Gasteiger partial charge in [-0.3, -0.25) is 4.79 Å². The zero-order valence-corrected chi connectivity index (χ0v) is 55.0. The molecule has 390 valence electrons. The molecule has 0 spiro atoms. The van der Waals surface area contributed by atoms with E-state index in [0.717, 1.165) is 31.4 Å². The van der Waals surface area contributed by atoms with Crippen molar-refractivity contribution in [1.29, 1.82) is 0 Å². The lowest BCUT2D eigenvalue weighted by molar-refractivity contribution is -0.140. The minimum atomic E-state index is -1.85. The fraction of sp³-hybridized carbons (Fsp3) is 0.618. The Morgan fingerprint density at radius 3 is 1.04 bits per heavy atom. The molecular formula is C55H92I2O8Si4. The number of unbranched alkanes of at least 4 members (excludes halogenated alkanes) is 1. The normalized spacial score (nSPS) is 12.8. The van der Waals surface area contributed by atoms with E-state index in [1.807, 2.05) is 12.1 Å². The molecule has 0 atom stereocenters. The monoisotopic (exact) mass is 1250 g/mol. The second-order valence-electron chi connectivity index (χ2n) is 24.2. The summed E-state index contributed by atoms with van der Waals surface area (Å²) in [6, 6.07) is 18.7. The Bertz CT molecular complexity index is 2020. The molecule has 0 aliphatic carbocycles. The summed E-state index contributed by atoms with van der Waals surface area (Å²) >= 11 is 4.55. The van der Waals surface area contributed by atoms with E-state index >= 15 is 0 Å². The maximum absolute atomic E-state index is 11.3. The highest BCUT2D eigenvalue weighted by molar-refractivity contribution is 14.1. The fourth-order valence-electron chi connectivity index (χ4n) is 5.29. The van der Waals surface area contributed by atoms with E-state index in [9.17, 15) is 4.79 Å². The van der Waals surface area contributed by atoms with Crippen molar-refractivity contribution in [3.8, 4) is 11.8 Å². The summed E-state index contributed by atoms with van der Waals surface area (Å²) in [6.07, 6.45) is 1.77. The fourth-order valence-corrected chi connectivity index (χ4v) is 10.7. The summed E-state index contributed by atoms with van der Waals surface area (Å²) < 4.78 is 32.7. The molecule has 0 unspecified atom stereocenters. The number of carbonyl (C=O) groups is 1. The molecule has 8 nitrogen and oxygen atoms in total. The Kier molecular flexibility index (Phi) is 26.6. The number of esters is 1. The number of halogens is 2. The number of rotatable bonds is 17. The van der Waals surface area contributed by atoms with Crippen LogP contribution in [0.3, 0.4) is 0 Å². The van der Waals surface area contributed by atoms with Crippen LogP contribution in [0.25, 0.3) is 0 Å². The van der Waals surface area contributed by atoms with Gasteiger partial charge in [-0.1, -0.05) is 113 Å². The van der Waals surface area contributed by atoms with Gasteiger partial charge in [0.2, 0.25) is 0 Å². The smallest absolute Gasteiger partial charge is 0.305 e. The summed E-state index contributed by atoms with van der Waals surface area (Å²) in [5.41, 5.74) is 7.45. The van der Waals surface area contributed by atoms with Crippen molar-refractivity contribution in [2.75, 3.05) is 7.11 Å². The molecule has 0 saturated carbocycles. The third-order valence-electron chi connectivity index (χ3n) is 14.2. The van der Waals surface area contributed by atoms with Crippen molar-refractivity contribution in [3.05, 3.63) is 101 Å². The van der Waals surface area contributed by atoms with Crippen LogP contribution in [0.2, 0.25) is 72.5 Å². The Hall–Kier alpha value is -1.22. The van der Waals surface area contributed by atoms with Crippen LogP contribution in [-0.4, -0.2) is 56.6 Å². The van der Waals surface area contributed by atoms with Gasteiger partial charge in [0.05, 0.1) is 46.8 Å². The van der Waals surface area contributed by atoms with Crippen molar-refractivity contribution >= 4 is 84.4 Å². The standard InChI is InChI=1S/C27H46O4Si2.C20H37IO2Si2.C8H9IO2/c1-26(2,3)32(8,9)30-20-23-17-22(15-13-12-14-16-25(28)29-7)18-24(19-23)21-31-33(10,11)27(4,5)6;1-19(2,3)24(7,8)22-14-16-11-17(13-18(21)12-16)15-23-25(9,10)20(4,5)6;9-8-2-6(4-10)1-7(3-8)5-11/h17-19H,12,14,16,20-21H2,1-11H3;11-13H,14-15H2,1-10H3;1-3,10-11H,4-5H2. The predicted molar refractivity (Wildman–Crippen MR) is 317 cm³/mol. The second-order valence-corrected chi connectivity index (χ2v) is 45.9. The van der Waals surface area contributed by atoms with Crippen LogP contribution in [-0.2, 0) is 66.9 Å². The van der Waals surface area contributed by atoms with Crippen LogP contribution in [0, 0.1) is 19.0 Å². The molecule has 0 radical (unpaired) electrons. The Labute approximate surface area is 452 Å². The zero-order valence-electron chi connectivity index (χ0n) is 46.7. The third kappa shape index (κ3) is 23.7. The quantitative estimate of drug-likeness (QED) is 0.0453. The molecule has 0 saturated heterocycles. The summed E-state index contributed by atoms with van der Waals surface area (Å²) in [5.74, 6) is 6.30. The number of ether oxygens (including phenoxy) is 1. The van der Waals surface area contributed by atoms with Crippen LogP contribution in [0.4, 0.5) is 0 Å². The van der Waals surface area contributed by atoms with Crippen LogP contribution < -0.4 is 0 Å². The molecule has 69 heavy (non-hydrogen) atoms. The van der Waals surface area contributed by atoms with Gasteiger partial charge < -0.3 is 32.7 Å². The molecule has 0 aliphatic heterocycles. The van der Waals surface area contributed by atoms with Crippen molar-refractivity contribution in [1.82, 2.24) is 0 Å². The molecule has 0 fully saturated rings. The Balaban J connectivity index is 0.000000578. The predicted octanol–water partition coefficient (Wildman–Crippen LogP) is 16.0. The average Bonchev–Trinajstić information content (AvgIpc) is 3.21. The number of hydrogen-bond acceptors (Lipinski definition) is 8. The molecule has 3 aromatic rings. The van der Waals surface area contributed by atoms with Crippen LogP contribution in [0.1, 0.15) is 141 Å². The van der Waals surface area contributed by atoms with E-state index in [4.69, 9.17) is 32.7 Å².